The van der Waals surface area contributed by atoms with Crippen molar-refractivity contribution in [3.8, 4) is 0 Å². The predicted octanol–water partition coefficient (Wildman–Crippen LogP) is 1.55. The largest absolute Gasteiger partial charge is 0.358 e. The number of rotatable bonds is 6. The van der Waals surface area contributed by atoms with Crippen molar-refractivity contribution in [3.05, 3.63) is 22.1 Å². The summed E-state index contributed by atoms with van der Waals surface area (Å²) in [4.78, 5) is 17.0. The van der Waals surface area contributed by atoms with Crippen molar-refractivity contribution in [1.82, 2.24) is 14.5 Å². The number of likely N-dealkylation sites (N-methyl/N-ethyl adjacent to an activating group) is 1. The van der Waals surface area contributed by atoms with Crippen LogP contribution >= 0.6 is 0 Å². The van der Waals surface area contributed by atoms with E-state index in [-0.39, 0.29) is 10.7 Å². The van der Waals surface area contributed by atoms with E-state index < -0.39 is 0 Å². The standard InChI is InChI=1S/C14H25N5O2/c1-11-16-10-14(19(20)21)18(11)8-7-17(2)13-6-4-3-5-12(13)9-15/h10,12-13H,3-9,15H2,1-2H3. The van der Waals surface area contributed by atoms with E-state index >= 15 is 0 Å². The van der Waals surface area contributed by atoms with Crippen molar-refractivity contribution in [3.63, 3.8) is 0 Å². The Morgan fingerprint density at radius 3 is 2.90 bits per heavy atom. The molecule has 1 aliphatic rings. The molecule has 0 saturated heterocycles. The number of nitrogens with zero attached hydrogens (tertiary/aromatic N) is 4. The molecule has 0 aromatic carbocycles. The molecule has 21 heavy (non-hydrogen) atoms. The number of nitro groups is 1. The van der Waals surface area contributed by atoms with Gasteiger partial charge in [0, 0.05) is 19.5 Å². The van der Waals surface area contributed by atoms with Gasteiger partial charge in [0.05, 0.1) is 0 Å². The molecule has 1 saturated carbocycles. The summed E-state index contributed by atoms with van der Waals surface area (Å²) in [5.41, 5.74) is 5.88. The van der Waals surface area contributed by atoms with Crippen LogP contribution in [0.1, 0.15) is 31.5 Å². The van der Waals surface area contributed by atoms with Crippen LogP contribution in [0.4, 0.5) is 5.82 Å². The number of imidazole rings is 1. The number of aromatic nitrogens is 2. The third kappa shape index (κ3) is 3.59. The summed E-state index contributed by atoms with van der Waals surface area (Å²) in [6.45, 7) is 3.89. The monoisotopic (exact) mass is 295 g/mol. The maximum Gasteiger partial charge on any atom is 0.342 e. The maximum atomic E-state index is 11.0. The van der Waals surface area contributed by atoms with Crippen LogP contribution in [0.3, 0.4) is 0 Å². The lowest BCUT2D eigenvalue weighted by Crippen LogP contribution is -2.44. The first kappa shape index (κ1) is 15.9. The first-order chi connectivity index (χ1) is 10.0. The van der Waals surface area contributed by atoms with Crippen molar-refractivity contribution < 1.29 is 4.92 Å². The van der Waals surface area contributed by atoms with Gasteiger partial charge in [0.25, 0.3) is 0 Å². The molecule has 2 N–H and O–H groups in total. The minimum Gasteiger partial charge on any atom is -0.358 e. The summed E-state index contributed by atoms with van der Waals surface area (Å²) in [5.74, 6) is 1.30. The highest BCUT2D eigenvalue weighted by atomic mass is 16.6. The van der Waals surface area contributed by atoms with E-state index in [9.17, 15) is 10.1 Å². The zero-order chi connectivity index (χ0) is 15.4. The quantitative estimate of drug-likeness (QED) is 0.635. The molecular formula is C14H25N5O2. The summed E-state index contributed by atoms with van der Waals surface area (Å²) < 4.78 is 1.68. The van der Waals surface area contributed by atoms with Crippen LogP contribution in [0.2, 0.25) is 0 Å². The van der Waals surface area contributed by atoms with Crippen molar-refractivity contribution in [2.75, 3.05) is 20.1 Å². The van der Waals surface area contributed by atoms with Gasteiger partial charge in [-0.1, -0.05) is 12.8 Å². The van der Waals surface area contributed by atoms with E-state index in [1.54, 1.807) is 11.5 Å². The summed E-state index contributed by atoms with van der Waals surface area (Å²) in [7, 11) is 2.09. The predicted molar refractivity (Wildman–Crippen MR) is 81.0 cm³/mol. The summed E-state index contributed by atoms with van der Waals surface area (Å²) in [6, 6.07) is 0.492. The Morgan fingerprint density at radius 1 is 1.52 bits per heavy atom. The van der Waals surface area contributed by atoms with Gasteiger partial charge in [0.1, 0.15) is 12.7 Å². The van der Waals surface area contributed by atoms with Crippen molar-refractivity contribution in [2.45, 2.75) is 45.2 Å². The topological polar surface area (TPSA) is 90.2 Å². The van der Waals surface area contributed by atoms with Gasteiger partial charge in [0.2, 0.25) is 0 Å². The van der Waals surface area contributed by atoms with Gasteiger partial charge in [-0.05, 0) is 37.3 Å². The van der Waals surface area contributed by atoms with E-state index in [4.69, 9.17) is 5.73 Å². The second-order valence-corrected chi connectivity index (χ2v) is 5.90. The fourth-order valence-electron chi connectivity index (χ4n) is 3.35. The van der Waals surface area contributed by atoms with E-state index in [2.05, 4.69) is 16.9 Å². The fourth-order valence-corrected chi connectivity index (χ4v) is 3.35. The van der Waals surface area contributed by atoms with Gasteiger partial charge in [-0.15, -0.1) is 0 Å². The number of aryl methyl sites for hydroxylation is 1. The molecule has 0 radical (unpaired) electrons. The van der Waals surface area contributed by atoms with Crippen LogP contribution in [0, 0.1) is 23.0 Å². The van der Waals surface area contributed by atoms with E-state index in [0.29, 0.717) is 24.3 Å². The van der Waals surface area contributed by atoms with Crippen molar-refractivity contribution >= 4 is 5.82 Å². The number of hydrogen-bond donors (Lipinski definition) is 1. The number of hydrogen-bond acceptors (Lipinski definition) is 5. The smallest absolute Gasteiger partial charge is 0.342 e. The summed E-state index contributed by atoms with van der Waals surface area (Å²) in [6.07, 6.45) is 6.20. The van der Waals surface area contributed by atoms with Crippen LogP contribution in [-0.2, 0) is 6.54 Å². The number of nitrogens with two attached hydrogens (primary N) is 1. The Morgan fingerprint density at radius 2 is 2.24 bits per heavy atom. The Bertz CT molecular complexity index is 488. The molecule has 1 fully saturated rings. The van der Waals surface area contributed by atoms with E-state index in [1.165, 1.54) is 31.9 Å². The highest BCUT2D eigenvalue weighted by molar-refractivity contribution is 5.18. The molecule has 2 atom stereocenters. The van der Waals surface area contributed by atoms with Crippen LogP contribution < -0.4 is 5.73 Å². The van der Waals surface area contributed by atoms with Gasteiger partial charge in [-0.3, -0.25) is 4.90 Å². The third-order valence-electron chi connectivity index (χ3n) is 4.64. The minimum atomic E-state index is -0.372. The summed E-state index contributed by atoms with van der Waals surface area (Å²) >= 11 is 0. The second kappa shape index (κ2) is 7.00. The highest BCUT2D eigenvalue weighted by Gasteiger charge is 2.28. The Labute approximate surface area is 125 Å². The average molecular weight is 295 g/mol. The molecule has 2 unspecified atom stereocenters. The van der Waals surface area contributed by atoms with Gasteiger partial charge in [-0.2, -0.15) is 0 Å². The minimum absolute atomic E-state index is 0.0694. The fraction of sp³-hybridized carbons (Fsp3) is 0.786. The van der Waals surface area contributed by atoms with Gasteiger partial charge >= 0.3 is 5.82 Å². The summed E-state index contributed by atoms with van der Waals surface area (Å²) in [5, 5.41) is 11.0. The van der Waals surface area contributed by atoms with E-state index in [1.807, 2.05) is 0 Å². The zero-order valence-corrected chi connectivity index (χ0v) is 12.9. The lowest BCUT2D eigenvalue weighted by atomic mass is 9.84. The first-order valence-corrected chi connectivity index (χ1v) is 7.61. The lowest BCUT2D eigenvalue weighted by Gasteiger charge is -2.37. The SMILES string of the molecule is Cc1ncc([N+](=O)[O-])n1CCN(C)C1CCCCC1CN. The Kier molecular flexibility index (Phi) is 5.30. The van der Waals surface area contributed by atoms with Crippen LogP contribution in [0.25, 0.3) is 0 Å². The molecule has 7 nitrogen and oxygen atoms in total. The van der Waals surface area contributed by atoms with Gasteiger partial charge in [0.15, 0.2) is 5.82 Å². The second-order valence-electron chi connectivity index (χ2n) is 5.90. The molecule has 7 heteroatoms. The van der Waals surface area contributed by atoms with Crippen molar-refractivity contribution in [2.24, 2.45) is 11.7 Å². The van der Waals surface area contributed by atoms with Crippen LogP contribution in [0.5, 0.6) is 0 Å². The molecule has 1 heterocycles. The molecular weight excluding hydrogens is 270 g/mol. The van der Waals surface area contributed by atoms with E-state index in [0.717, 1.165) is 13.1 Å². The lowest BCUT2D eigenvalue weighted by molar-refractivity contribution is -0.392. The molecule has 1 aromatic heterocycles. The highest BCUT2D eigenvalue weighted by Crippen LogP contribution is 2.27. The molecule has 0 aliphatic heterocycles. The average Bonchev–Trinajstić information content (AvgIpc) is 2.86. The zero-order valence-electron chi connectivity index (χ0n) is 12.9. The molecule has 0 bridgehead atoms. The Balaban J connectivity index is 1.99. The van der Waals surface area contributed by atoms with Crippen molar-refractivity contribution in [1.29, 1.82) is 0 Å². The van der Waals surface area contributed by atoms with Gasteiger partial charge in [-0.25, -0.2) is 9.55 Å². The molecule has 0 spiro atoms. The Hall–Kier alpha value is -1.47. The molecule has 0 amide bonds. The normalized spacial score (nSPS) is 22.7. The third-order valence-corrected chi connectivity index (χ3v) is 4.64. The molecule has 1 aliphatic carbocycles. The maximum absolute atomic E-state index is 11.0. The molecule has 1 aromatic rings. The molecule has 2 rings (SSSR count). The first-order valence-electron chi connectivity index (χ1n) is 7.61. The molecule has 118 valence electrons. The van der Waals surface area contributed by atoms with Crippen LogP contribution in [0.15, 0.2) is 6.20 Å². The van der Waals surface area contributed by atoms with Gasteiger partial charge < -0.3 is 15.8 Å². The van der Waals surface area contributed by atoms with Crippen LogP contribution in [-0.4, -0.2) is 45.6 Å².